The molecule has 0 atom stereocenters. The molecule has 1 aliphatic rings. The lowest BCUT2D eigenvalue weighted by Crippen LogP contribution is -2.41. The smallest absolute Gasteiger partial charge is 0.254 e. The summed E-state index contributed by atoms with van der Waals surface area (Å²) < 4.78 is 32.4. The van der Waals surface area contributed by atoms with Crippen molar-refractivity contribution in [3.63, 3.8) is 0 Å². The number of hydrogen-bond acceptors (Lipinski definition) is 4. The van der Waals surface area contributed by atoms with Crippen molar-refractivity contribution in [3.05, 3.63) is 28.8 Å². The molecule has 26 heavy (non-hydrogen) atoms. The Morgan fingerprint density at radius 3 is 2.38 bits per heavy atom. The van der Waals surface area contributed by atoms with E-state index in [0.29, 0.717) is 31.2 Å². The highest BCUT2D eigenvalue weighted by Gasteiger charge is 2.30. The first kappa shape index (κ1) is 21.2. The Kier molecular flexibility index (Phi) is 7.07. The third-order valence-corrected chi connectivity index (χ3v) is 6.59. The van der Waals surface area contributed by atoms with Gasteiger partial charge in [0.05, 0.1) is 18.2 Å². The average molecular weight is 403 g/mol. The van der Waals surface area contributed by atoms with Gasteiger partial charge in [0.15, 0.2) is 0 Å². The molecule has 0 bridgehead atoms. The Morgan fingerprint density at radius 1 is 1.23 bits per heavy atom. The first-order valence-electron chi connectivity index (χ1n) is 8.83. The Morgan fingerprint density at radius 2 is 1.85 bits per heavy atom. The summed E-state index contributed by atoms with van der Waals surface area (Å²) >= 11 is 6.17. The van der Waals surface area contributed by atoms with Gasteiger partial charge in [-0.3, -0.25) is 4.79 Å². The number of carbonyl (C=O) groups is 1. The van der Waals surface area contributed by atoms with Crippen molar-refractivity contribution in [3.8, 4) is 0 Å². The van der Waals surface area contributed by atoms with Crippen LogP contribution in [-0.2, 0) is 14.8 Å². The van der Waals surface area contributed by atoms with Crippen molar-refractivity contribution >= 4 is 27.5 Å². The maximum absolute atomic E-state index is 12.9. The maximum atomic E-state index is 12.9. The van der Waals surface area contributed by atoms with Crippen molar-refractivity contribution in [2.24, 2.45) is 5.92 Å². The second-order valence-corrected chi connectivity index (χ2v) is 9.42. The number of benzene rings is 1. The predicted molar refractivity (Wildman–Crippen MR) is 102 cm³/mol. The van der Waals surface area contributed by atoms with Gasteiger partial charge in [0.25, 0.3) is 5.91 Å². The summed E-state index contributed by atoms with van der Waals surface area (Å²) in [7, 11) is -3.77. The summed E-state index contributed by atoms with van der Waals surface area (Å²) in [6.07, 6.45) is 0. The van der Waals surface area contributed by atoms with E-state index in [-0.39, 0.29) is 35.0 Å². The molecule has 0 aliphatic carbocycles. The van der Waals surface area contributed by atoms with Crippen LogP contribution in [0.5, 0.6) is 0 Å². The number of nitrogens with zero attached hydrogens (tertiary/aromatic N) is 2. The first-order valence-corrected chi connectivity index (χ1v) is 10.6. The minimum atomic E-state index is -3.77. The zero-order valence-corrected chi connectivity index (χ0v) is 17.3. The molecule has 1 aromatic carbocycles. The van der Waals surface area contributed by atoms with Gasteiger partial charge in [-0.05, 0) is 38.0 Å². The molecule has 2 rings (SSSR count). The normalized spacial score (nSPS) is 16.3. The quantitative estimate of drug-likeness (QED) is 0.733. The van der Waals surface area contributed by atoms with Crippen molar-refractivity contribution in [1.29, 1.82) is 0 Å². The fraction of sp³-hybridized carbons (Fsp3) is 0.611. The van der Waals surface area contributed by atoms with Crippen LogP contribution in [0.4, 0.5) is 0 Å². The zero-order valence-electron chi connectivity index (χ0n) is 15.7. The monoisotopic (exact) mass is 402 g/mol. The lowest BCUT2D eigenvalue weighted by atomic mass is 10.1. The molecular weight excluding hydrogens is 376 g/mol. The van der Waals surface area contributed by atoms with Crippen LogP contribution in [0.3, 0.4) is 0 Å². The largest absolute Gasteiger partial charge is 0.379 e. The second-order valence-electron chi connectivity index (χ2n) is 7.11. The molecule has 1 amide bonds. The highest BCUT2D eigenvalue weighted by molar-refractivity contribution is 7.89. The Balaban J connectivity index is 2.38. The molecule has 0 unspecified atom stereocenters. The topological polar surface area (TPSA) is 66.9 Å². The molecule has 0 aromatic heterocycles. The van der Waals surface area contributed by atoms with Crippen LogP contribution < -0.4 is 0 Å². The fourth-order valence-electron chi connectivity index (χ4n) is 2.85. The number of morpholine rings is 1. The molecule has 6 nitrogen and oxygen atoms in total. The average Bonchev–Trinajstić information content (AvgIpc) is 2.59. The van der Waals surface area contributed by atoms with Gasteiger partial charge in [-0.25, -0.2) is 8.42 Å². The van der Waals surface area contributed by atoms with E-state index in [9.17, 15) is 13.2 Å². The molecule has 0 spiro atoms. The van der Waals surface area contributed by atoms with Gasteiger partial charge in [-0.1, -0.05) is 25.4 Å². The molecule has 8 heteroatoms. The molecule has 1 saturated heterocycles. The summed E-state index contributed by atoms with van der Waals surface area (Å²) in [4.78, 5) is 14.7. The molecule has 1 aromatic rings. The fourth-order valence-corrected chi connectivity index (χ4v) is 4.76. The first-order chi connectivity index (χ1) is 12.1. The molecule has 1 heterocycles. The van der Waals surface area contributed by atoms with Crippen LogP contribution in [0.25, 0.3) is 0 Å². The number of hydrogen-bond donors (Lipinski definition) is 0. The standard InChI is InChI=1S/C18H27ClN2O4S/c1-13(2)12-21(14(3)4)18(22)15-5-6-16(19)17(11-15)26(23,24)20-7-9-25-10-8-20/h5-6,11,13-14H,7-10,12H2,1-4H3. The van der Waals surface area contributed by atoms with Crippen LogP contribution in [0, 0.1) is 5.92 Å². The minimum absolute atomic E-state index is 0.0138. The zero-order chi connectivity index (χ0) is 19.5. The van der Waals surface area contributed by atoms with Gasteiger partial charge in [-0.2, -0.15) is 4.31 Å². The van der Waals surface area contributed by atoms with Gasteiger partial charge in [0.2, 0.25) is 10.0 Å². The van der Waals surface area contributed by atoms with E-state index in [1.54, 1.807) is 11.0 Å². The molecule has 0 N–H and O–H groups in total. The summed E-state index contributed by atoms with van der Waals surface area (Å²) in [5, 5.41) is 0.119. The Bertz CT molecular complexity index is 744. The molecule has 146 valence electrons. The van der Waals surface area contributed by atoms with Gasteiger partial charge in [0.1, 0.15) is 4.90 Å². The van der Waals surface area contributed by atoms with E-state index in [4.69, 9.17) is 16.3 Å². The number of amides is 1. The van der Waals surface area contributed by atoms with Crippen LogP contribution in [0.2, 0.25) is 5.02 Å². The second kappa shape index (κ2) is 8.69. The number of carbonyl (C=O) groups excluding carboxylic acids is 1. The van der Waals surface area contributed by atoms with Crippen LogP contribution >= 0.6 is 11.6 Å². The van der Waals surface area contributed by atoms with Crippen LogP contribution in [0.15, 0.2) is 23.1 Å². The number of ether oxygens (including phenoxy) is 1. The summed E-state index contributed by atoms with van der Waals surface area (Å²) in [5.41, 5.74) is 0.329. The van der Waals surface area contributed by atoms with E-state index in [1.165, 1.54) is 16.4 Å². The SMILES string of the molecule is CC(C)CN(C(=O)c1ccc(Cl)c(S(=O)(=O)N2CCOCC2)c1)C(C)C. The summed E-state index contributed by atoms with van der Waals surface area (Å²) in [6.45, 7) is 9.84. The maximum Gasteiger partial charge on any atom is 0.254 e. The van der Waals surface area contributed by atoms with E-state index in [1.807, 2.05) is 27.7 Å². The number of rotatable bonds is 6. The molecule has 1 aliphatic heterocycles. The lowest BCUT2D eigenvalue weighted by Gasteiger charge is -2.29. The van der Waals surface area contributed by atoms with Crippen molar-refractivity contribution in [1.82, 2.24) is 9.21 Å². The highest BCUT2D eigenvalue weighted by atomic mass is 35.5. The van der Waals surface area contributed by atoms with Crippen molar-refractivity contribution in [2.75, 3.05) is 32.8 Å². The lowest BCUT2D eigenvalue weighted by molar-refractivity contribution is 0.0681. The Labute approximate surface area is 161 Å². The van der Waals surface area contributed by atoms with Crippen LogP contribution in [-0.4, -0.2) is 62.4 Å². The Hall–Kier alpha value is -1.15. The third-order valence-electron chi connectivity index (χ3n) is 4.21. The van der Waals surface area contributed by atoms with Crippen molar-refractivity contribution < 1.29 is 17.9 Å². The van der Waals surface area contributed by atoms with Gasteiger partial charge in [0, 0.05) is 31.2 Å². The number of halogens is 1. The third kappa shape index (κ3) is 4.76. The summed E-state index contributed by atoms with van der Waals surface area (Å²) in [6, 6.07) is 4.47. The van der Waals surface area contributed by atoms with E-state index in [2.05, 4.69) is 0 Å². The molecule has 1 fully saturated rings. The predicted octanol–water partition coefficient (Wildman–Crippen LogP) is 2.87. The molecule has 0 saturated carbocycles. The van der Waals surface area contributed by atoms with Gasteiger partial charge >= 0.3 is 0 Å². The minimum Gasteiger partial charge on any atom is -0.379 e. The van der Waals surface area contributed by atoms with Gasteiger partial charge < -0.3 is 9.64 Å². The van der Waals surface area contributed by atoms with E-state index >= 15 is 0 Å². The highest BCUT2D eigenvalue weighted by Crippen LogP contribution is 2.27. The van der Waals surface area contributed by atoms with Crippen molar-refractivity contribution in [2.45, 2.75) is 38.6 Å². The van der Waals surface area contributed by atoms with E-state index < -0.39 is 10.0 Å². The van der Waals surface area contributed by atoms with Gasteiger partial charge in [-0.15, -0.1) is 0 Å². The van der Waals surface area contributed by atoms with Crippen LogP contribution in [0.1, 0.15) is 38.1 Å². The summed E-state index contributed by atoms with van der Waals surface area (Å²) in [5.74, 6) is 0.119. The number of sulfonamides is 1. The van der Waals surface area contributed by atoms with E-state index in [0.717, 1.165) is 0 Å². The molecular formula is C18H27ClN2O4S. The molecule has 0 radical (unpaired) electrons.